The van der Waals surface area contributed by atoms with Gasteiger partial charge in [-0.15, -0.1) is 0 Å². The predicted molar refractivity (Wildman–Crippen MR) is 98.0 cm³/mol. The van der Waals surface area contributed by atoms with E-state index in [1.165, 1.54) is 0 Å². The molecule has 3 atom stereocenters. The number of benzene rings is 1. The average molecular weight is 340 g/mol. The third-order valence-corrected chi connectivity index (χ3v) is 6.63. The quantitative estimate of drug-likeness (QED) is 0.591. The molecular formula is C22H28O3. The molecule has 0 radical (unpaired) electrons. The normalized spacial score (nSPS) is 29.8. The molecule has 0 aliphatic heterocycles. The van der Waals surface area contributed by atoms with Gasteiger partial charge >= 0.3 is 5.97 Å². The maximum Gasteiger partial charge on any atom is 0.313 e. The van der Waals surface area contributed by atoms with Crippen LogP contribution >= 0.6 is 0 Å². The van der Waals surface area contributed by atoms with Crippen LogP contribution in [0.25, 0.3) is 0 Å². The van der Waals surface area contributed by atoms with E-state index in [1.807, 2.05) is 43.3 Å². The molecule has 3 rings (SSSR count). The highest BCUT2D eigenvalue weighted by Crippen LogP contribution is 2.65. The number of hydrogen-bond donors (Lipinski definition) is 0. The van der Waals surface area contributed by atoms with Crippen molar-refractivity contribution in [3.63, 3.8) is 0 Å². The Balaban J connectivity index is 1.93. The van der Waals surface area contributed by atoms with Crippen LogP contribution in [0.5, 0.6) is 0 Å². The summed E-state index contributed by atoms with van der Waals surface area (Å²) in [6.45, 7) is 8.65. The van der Waals surface area contributed by atoms with E-state index < -0.39 is 5.92 Å². The summed E-state index contributed by atoms with van der Waals surface area (Å²) in [6.07, 6.45) is 4.47. The third kappa shape index (κ3) is 2.84. The highest BCUT2D eigenvalue weighted by Gasteiger charge is 2.63. The Morgan fingerprint density at radius 2 is 1.96 bits per heavy atom. The zero-order valence-electron chi connectivity index (χ0n) is 15.7. The SMILES string of the molecule is CCOC(=O)[C@@H](/C=C1/C(=O)[C@@]2(C)CC[C@@H]1C2(C)C)Cc1ccccc1. The molecule has 2 bridgehead atoms. The van der Waals surface area contributed by atoms with Gasteiger partial charge in [-0.3, -0.25) is 9.59 Å². The lowest BCUT2D eigenvalue weighted by Crippen LogP contribution is -2.32. The van der Waals surface area contributed by atoms with E-state index >= 15 is 0 Å². The van der Waals surface area contributed by atoms with Crippen LogP contribution in [-0.2, 0) is 20.7 Å². The Bertz CT molecular complexity index is 701. The van der Waals surface area contributed by atoms with Crippen molar-refractivity contribution in [3.05, 3.63) is 47.5 Å². The van der Waals surface area contributed by atoms with Gasteiger partial charge in [-0.2, -0.15) is 0 Å². The van der Waals surface area contributed by atoms with E-state index in [4.69, 9.17) is 4.74 Å². The average Bonchev–Trinajstić information content (AvgIpc) is 2.89. The minimum Gasteiger partial charge on any atom is -0.466 e. The lowest BCUT2D eigenvalue weighted by atomic mass is 9.70. The maximum atomic E-state index is 13.1. The Morgan fingerprint density at radius 1 is 1.28 bits per heavy atom. The van der Waals surface area contributed by atoms with Gasteiger partial charge in [-0.1, -0.05) is 57.2 Å². The van der Waals surface area contributed by atoms with Crippen LogP contribution in [0.15, 0.2) is 42.0 Å². The Kier molecular flexibility index (Phi) is 4.61. The van der Waals surface area contributed by atoms with Crippen LogP contribution in [0.2, 0.25) is 0 Å². The van der Waals surface area contributed by atoms with Gasteiger partial charge in [-0.05, 0) is 48.7 Å². The van der Waals surface area contributed by atoms with Crippen LogP contribution in [0.1, 0.15) is 46.1 Å². The van der Waals surface area contributed by atoms with E-state index in [2.05, 4.69) is 20.8 Å². The number of esters is 1. The number of ether oxygens (including phenoxy) is 1. The van der Waals surface area contributed by atoms with Crippen molar-refractivity contribution >= 4 is 11.8 Å². The fourth-order valence-corrected chi connectivity index (χ4v) is 4.66. The first-order chi connectivity index (χ1) is 11.8. The number of allylic oxidation sites excluding steroid dienone is 1. The molecule has 2 aliphatic rings. The van der Waals surface area contributed by atoms with Crippen molar-refractivity contribution in [2.45, 2.75) is 47.0 Å². The first kappa shape index (κ1) is 17.9. The van der Waals surface area contributed by atoms with Crippen molar-refractivity contribution in [1.29, 1.82) is 0 Å². The minimum absolute atomic E-state index is 0.0398. The molecule has 0 heterocycles. The van der Waals surface area contributed by atoms with E-state index in [0.717, 1.165) is 24.0 Å². The Labute approximate surface area is 150 Å². The molecule has 0 N–H and O–H groups in total. The second kappa shape index (κ2) is 6.44. The maximum absolute atomic E-state index is 13.1. The summed E-state index contributed by atoms with van der Waals surface area (Å²) >= 11 is 0. The Morgan fingerprint density at radius 3 is 2.52 bits per heavy atom. The number of hydrogen-bond acceptors (Lipinski definition) is 3. The number of rotatable bonds is 5. The van der Waals surface area contributed by atoms with Crippen LogP contribution in [0, 0.1) is 22.7 Å². The largest absolute Gasteiger partial charge is 0.466 e. The van der Waals surface area contributed by atoms with E-state index in [-0.39, 0.29) is 28.5 Å². The summed E-state index contributed by atoms with van der Waals surface area (Å²) in [6, 6.07) is 9.93. The van der Waals surface area contributed by atoms with E-state index in [1.54, 1.807) is 0 Å². The smallest absolute Gasteiger partial charge is 0.313 e. The standard InChI is InChI=1S/C22H28O3/c1-5-25-20(24)16(13-15-9-7-6-8-10-15)14-17-18-11-12-22(4,19(17)23)21(18,2)3/h6-10,14,16,18H,5,11-13H2,1-4H3/b17-14+/t16-,18+,22-/m1/s1. The first-order valence-electron chi connectivity index (χ1n) is 9.28. The molecule has 25 heavy (non-hydrogen) atoms. The highest BCUT2D eigenvalue weighted by molar-refractivity contribution is 6.05. The third-order valence-electron chi connectivity index (χ3n) is 6.63. The fourth-order valence-electron chi connectivity index (χ4n) is 4.66. The molecule has 1 aromatic rings. The number of carbonyl (C=O) groups is 2. The molecule has 134 valence electrons. The summed E-state index contributed by atoms with van der Waals surface area (Å²) in [5, 5.41) is 0. The molecule has 2 saturated carbocycles. The van der Waals surface area contributed by atoms with Crippen molar-refractivity contribution in [1.82, 2.24) is 0 Å². The molecule has 2 aliphatic carbocycles. The molecular weight excluding hydrogens is 312 g/mol. The molecule has 1 aromatic carbocycles. The summed E-state index contributed by atoms with van der Waals surface area (Å²) in [5.74, 6) is -0.161. The summed E-state index contributed by atoms with van der Waals surface area (Å²) in [4.78, 5) is 25.6. The lowest BCUT2D eigenvalue weighted by Gasteiger charge is -2.31. The number of Topliss-reactive ketones (excluding diaryl/α,β-unsaturated/α-hetero) is 1. The molecule has 0 saturated heterocycles. The molecule has 0 unspecified atom stereocenters. The van der Waals surface area contributed by atoms with Crippen molar-refractivity contribution in [2.24, 2.45) is 22.7 Å². The zero-order valence-corrected chi connectivity index (χ0v) is 15.7. The van der Waals surface area contributed by atoms with Gasteiger partial charge in [0, 0.05) is 5.41 Å². The van der Waals surface area contributed by atoms with Gasteiger partial charge in [0.1, 0.15) is 0 Å². The summed E-state index contributed by atoms with van der Waals surface area (Å²) in [7, 11) is 0. The number of ketones is 1. The molecule has 0 amide bonds. The fraction of sp³-hybridized carbons (Fsp3) is 0.545. The minimum atomic E-state index is -0.403. The molecule has 3 heteroatoms. The van der Waals surface area contributed by atoms with Gasteiger partial charge in [0.2, 0.25) is 0 Å². The van der Waals surface area contributed by atoms with Crippen LogP contribution in [-0.4, -0.2) is 18.4 Å². The van der Waals surface area contributed by atoms with Crippen molar-refractivity contribution in [2.75, 3.05) is 6.61 Å². The predicted octanol–water partition coefficient (Wildman–Crippen LogP) is 4.36. The molecule has 0 aromatic heterocycles. The molecule has 3 nitrogen and oxygen atoms in total. The van der Waals surface area contributed by atoms with E-state index in [9.17, 15) is 9.59 Å². The second-order valence-corrected chi connectivity index (χ2v) is 8.14. The van der Waals surface area contributed by atoms with E-state index in [0.29, 0.717) is 13.0 Å². The van der Waals surface area contributed by atoms with Crippen LogP contribution in [0.3, 0.4) is 0 Å². The van der Waals surface area contributed by atoms with Gasteiger partial charge in [0.05, 0.1) is 12.5 Å². The highest BCUT2D eigenvalue weighted by atomic mass is 16.5. The lowest BCUT2D eigenvalue weighted by molar-refractivity contribution is -0.146. The molecule has 0 spiro atoms. The van der Waals surface area contributed by atoms with Gasteiger partial charge in [0.15, 0.2) is 5.78 Å². The zero-order chi connectivity index (χ0) is 18.2. The Hall–Kier alpha value is -1.90. The summed E-state index contributed by atoms with van der Waals surface area (Å²) < 4.78 is 5.28. The number of fused-ring (bicyclic) bond motifs is 2. The van der Waals surface area contributed by atoms with Crippen LogP contribution in [0.4, 0.5) is 0 Å². The van der Waals surface area contributed by atoms with Gasteiger partial charge in [-0.25, -0.2) is 0 Å². The topological polar surface area (TPSA) is 43.4 Å². The molecule has 2 fully saturated rings. The van der Waals surface area contributed by atoms with Crippen LogP contribution < -0.4 is 0 Å². The number of carbonyl (C=O) groups excluding carboxylic acids is 2. The monoisotopic (exact) mass is 340 g/mol. The second-order valence-electron chi connectivity index (χ2n) is 8.14. The first-order valence-corrected chi connectivity index (χ1v) is 9.28. The van der Waals surface area contributed by atoms with Gasteiger partial charge < -0.3 is 4.74 Å². The summed E-state index contributed by atoms with van der Waals surface area (Å²) in [5.41, 5.74) is 1.60. The van der Waals surface area contributed by atoms with Crippen molar-refractivity contribution in [3.8, 4) is 0 Å². The van der Waals surface area contributed by atoms with Gasteiger partial charge in [0.25, 0.3) is 0 Å². The van der Waals surface area contributed by atoms with Crippen molar-refractivity contribution < 1.29 is 14.3 Å².